The number of carbonyl (C=O) groups is 1. The molecule has 1 amide bonds. The molecule has 2 atom stereocenters. The fourth-order valence-corrected chi connectivity index (χ4v) is 3.19. The van der Waals surface area contributed by atoms with Crippen molar-refractivity contribution in [3.05, 3.63) is 54.4 Å². The van der Waals surface area contributed by atoms with E-state index in [1.165, 1.54) is 0 Å². The Balaban J connectivity index is 0.00000182. The third kappa shape index (κ3) is 6.18. The van der Waals surface area contributed by atoms with Crippen LogP contribution in [0.3, 0.4) is 0 Å². The quantitative estimate of drug-likeness (QED) is 0.788. The van der Waals surface area contributed by atoms with Gasteiger partial charge in [-0.15, -0.1) is 24.8 Å². The first-order chi connectivity index (χ1) is 12.1. The number of rotatable bonds is 5. The monoisotopic (exact) mass is 411 g/mol. The predicted octanol–water partition coefficient (Wildman–Crippen LogP) is 3.52. The number of hydrogen-bond acceptors (Lipinski definition) is 4. The van der Waals surface area contributed by atoms with Crippen LogP contribution in [0.1, 0.15) is 31.4 Å². The van der Waals surface area contributed by atoms with E-state index in [9.17, 15) is 4.79 Å². The summed E-state index contributed by atoms with van der Waals surface area (Å²) in [6.07, 6.45) is 5.26. The largest absolute Gasteiger partial charge is 0.381 e. The van der Waals surface area contributed by atoms with Crippen molar-refractivity contribution >= 4 is 30.7 Å². The predicted molar refractivity (Wildman–Crippen MR) is 112 cm³/mol. The first kappa shape index (κ1) is 23.4. The second-order valence-corrected chi connectivity index (χ2v) is 6.56. The van der Waals surface area contributed by atoms with Gasteiger partial charge in [0, 0.05) is 25.6 Å². The minimum absolute atomic E-state index is 0. The highest BCUT2D eigenvalue weighted by atomic mass is 35.5. The Hall–Kier alpha value is -1.66. The number of nitrogens with zero attached hydrogens (tertiary/aromatic N) is 1. The van der Waals surface area contributed by atoms with Gasteiger partial charge >= 0.3 is 0 Å². The molecule has 1 aromatic heterocycles. The zero-order chi connectivity index (χ0) is 17.6. The zero-order valence-electron chi connectivity index (χ0n) is 15.3. The number of nitrogens with one attached hydrogen (secondary N) is 1. The molecule has 27 heavy (non-hydrogen) atoms. The molecule has 1 aliphatic rings. The molecule has 0 spiro atoms. The lowest BCUT2D eigenvalue weighted by Gasteiger charge is -2.28. The lowest BCUT2D eigenvalue weighted by Crippen LogP contribution is -2.47. The van der Waals surface area contributed by atoms with Crippen molar-refractivity contribution in [1.29, 1.82) is 0 Å². The molecule has 1 aromatic carbocycles. The van der Waals surface area contributed by atoms with Gasteiger partial charge in [0.1, 0.15) is 0 Å². The van der Waals surface area contributed by atoms with Crippen LogP contribution in [0.25, 0.3) is 11.1 Å². The van der Waals surface area contributed by atoms with Crippen molar-refractivity contribution in [1.82, 2.24) is 10.3 Å². The lowest BCUT2D eigenvalue weighted by atomic mass is 9.91. The summed E-state index contributed by atoms with van der Waals surface area (Å²) in [6, 6.07) is 11.6. The van der Waals surface area contributed by atoms with Crippen LogP contribution in [0.15, 0.2) is 48.8 Å². The number of benzene rings is 1. The summed E-state index contributed by atoms with van der Waals surface area (Å²) in [5, 5.41) is 3.04. The van der Waals surface area contributed by atoms with Gasteiger partial charge in [0.2, 0.25) is 5.91 Å². The van der Waals surface area contributed by atoms with Crippen molar-refractivity contribution < 1.29 is 9.53 Å². The molecule has 5 nitrogen and oxygen atoms in total. The molecule has 7 heteroatoms. The highest BCUT2D eigenvalue weighted by molar-refractivity contribution is 5.85. The topological polar surface area (TPSA) is 77.2 Å². The number of hydrogen-bond donors (Lipinski definition) is 2. The van der Waals surface area contributed by atoms with Crippen molar-refractivity contribution in [2.24, 2.45) is 11.7 Å². The van der Waals surface area contributed by atoms with E-state index in [0.717, 1.165) is 29.5 Å². The minimum atomic E-state index is -0.470. The minimum Gasteiger partial charge on any atom is -0.381 e. The highest BCUT2D eigenvalue weighted by Crippen LogP contribution is 2.22. The Labute approximate surface area is 172 Å². The molecule has 0 bridgehead atoms. The molecular weight excluding hydrogens is 385 g/mol. The Morgan fingerprint density at radius 1 is 1.07 bits per heavy atom. The number of aromatic nitrogens is 1. The normalized spacial score (nSPS) is 16.4. The summed E-state index contributed by atoms with van der Waals surface area (Å²) >= 11 is 0. The molecule has 0 aliphatic carbocycles. The van der Waals surface area contributed by atoms with Crippen LogP contribution in [0.2, 0.25) is 0 Å². The van der Waals surface area contributed by atoms with Crippen LogP contribution < -0.4 is 11.1 Å². The third-order valence-corrected chi connectivity index (χ3v) is 4.86. The van der Waals surface area contributed by atoms with E-state index in [4.69, 9.17) is 10.5 Å². The van der Waals surface area contributed by atoms with E-state index in [-0.39, 0.29) is 42.7 Å². The van der Waals surface area contributed by atoms with E-state index in [1.54, 1.807) is 12.4 Å². The van der Waals surface area contributed by atoms with Gasteiger partial charge in [-0.1, -0.05) is 24.3 Å². The van der Waals surface area contributed by atoms with Crippen molar-refractivity contribution in [2.75, 3.05) is 13.2 Å². The summed E-state index contributed by atoms with van der Waals surface area (Å²) in [7, 11) is 0. The van der Waals surface area contributed by atoms with Crippen molar-refractivity contribution in [2.45, 2.75) is 31.8 Å². The van der Waals surface area contributed by atoms with Gasteiger partial charge in [-0.25, -0.2) is 0 Å². The Morgan fingerprint density at radius 2 is 1.63 bits per heavy atom. The van der Waals surface area contributed by atoms with E-state index in [0.29, 0.717) is 13.2 Å². The summed E-state index contributed by atoms with van der Waals surface area (Å²) in [6.45, 7) is 3.37. The third-order valence-electron chi connectivity index (χ3n) is 4.86. The molecule has 1 fully saturated rings. The maximum absolute atomic E-state index is 12.4. The second kappa shape index (κ2) is 11.2. The molecule has 0 saturated carbocycles. The fourth-order valence-electron chi connectivity index (χ4n) is 3.19. The van der Waals surface area contributed by atoms with Gasteiger partial charge in [0.05, 0.1) is 12.1 Å². The SMILES string of the molecule is CC(NC(=O)C(N)C1CCOCC1)c1ccc(-c2ccncc2)cc1.Cl.Cl. The number of halogens is 2. The van der Waals surface area contributed by atoms with E-state index in [1.807, 2.05) is 31.2 Å². The Bertz CT molecular complexity index is 692. The van der Waals surface area contributed by atoms with Crippen molar-refractivity contribution in [3.8, 4) is 11.1 Å². The second-order valence-electron chi connectivity index (χ2n) is 6.56. The van der Waals surface area contributed by atoms with Crippen LogP contribution in [0, 0.1) is 5.92 Å². The summed E-state index contributed by atoms with van der Waals surface area (Å²) in [5.41, 5.74) is 9.46. The summed E-state index contributed by atoms with van der Waals surface area (Å²) in [4.78, 5) is 16.5. The maximum atomic E-state index is 12.4. The van der Waals surface area contributed by atoms with Gasteiger partial charge < -0.3 is 15.8 Å². The summed E-state index contributed by atoms with van der Waals surface area (Å²) < 4.78 is 5.34. The molecule has 1 saturated heterocycles. The molecule has 2 unspecified atom stereocenters. The zero-order valence-corrected chi connectivity index (χ0v) is 17.0. The van der Waals surface area contributed by atoms with Crippen LogP contribution >= 0.6 is 24.8 Å². The van der Waals surface area contributed by atoms with Crippen molar-refractivity contribution in [3.63, 3.8) is 0 Å². The number of pyridine rings is 1. The van der Waals surface area contributed by atoms with E-state index in [2.05, 4.69) is 22.4 Å². The molecule has 2 aromatic rings. The Morgan fingerprint density at radius 3 is 2.22 bits per heavy atom. The van der Waals surface area contributed by atoms with Gasteiger partial charge in [-0.3, -0.25) is 9.78 Å². The average molecular weight is 412 g/mol. The molecular formula is C20H27Cl2N3O2. The number of nitrogens with two attached hydrogens (primary N) is 1. The van der Waals surface area contributed by atoms with E-state index < -0.39 is 6.04 Å². The number of ether oxygens (including phenoxy) is 1. The summed E-state index contributed by atoms with van der Waals surface area (Å²) in [5.74, 6) is 0.118. The molecule has 1 aliphatic heterocycles. The van der Waals surface area contributed by atoms with Crippen LogP contribution in [0.5, 0.6) is 0 Å². The first-order valence-electron chi connectivity index (χ1n) is 8.79. The fraction of sp³-hybridized carbons (Fsp3) is 0.400. The smallest absolute Gasteiger partial charge is 0.237 e. The Kier molecular flexibility index (Phi) is 9.74. The molecule has 2 heterocycles. The molecule has 3 rings (SSSR count). The number of amides is 1. The number of carbonyl (C=O) groups excluding carboxylic acids is 1. The van der Waals surface area contributed by atoms with Gasteiger partial charge in [0.25, 0.3) is 0 Å². The van der Waals surface area contributed by atoms with E-state index >= 15 is 0 Å². The first-order valence-corrected chi connectivity index (χ1v) is 8.79. The standard InChI is InChI=1S/C20H25N3O2.2ClH/c1-14(23-20(24)19(21)18-8-12-25-13-9-18)15-2-4-16(5-3-15)17-6-10-22-11-7-17;;/h2-7,10-11,14,18-19H,8-9,12-13,21H2,1H3,(H,23,24);2*1H. The molecule has 0 radical (unpaired) electrons. The lowest BCUT2D eigenvalue weighted by molar-refractivity contribution is -0.125. The average Bonchev–Trinajstić information content (AvgIpc) is 2.68. The van der Waals surface area contributed by atoms with Crippen LogP contribution in [0.4, 0.5) is 0 Å². The van der Waals surface area contributed by atoms with Gasteiger partial charge in [0.15, 0.2) is 0 Å². The molecule has 3 N–H and O–H groups in total. The highest BCUT2D eigenvalue weighted by Gasteiger charge is 2.27. The maximum Gasteiger partial charge on any atom is 0.237 e. The molecule has 148 valence electrons. The van der Waals surface area contributed by atoms with Crippen LogP contribution in [-0.4, -0.2) is 30.1 Å². The van der Waals surface area contributed by atoms with Gasteiger partial charge in [-0.05, 0) is 54.5 Å². The van der Waals surface area contributed by atoms with Gasteiger partial charge in [-0.2, -0.15) is 0 Å². The van der Waals surface area contributed by atoms with Crippen LogP contribution in [-0.2, 0) is 9.53 Å².